The van der Waals surface area contributed by atoms with E-state index in [9.17, 15) is 18.0 Å². The van der Waals surface area contributed by atoms with E-state index >= 15 is 0 Å². The van der Waals surface area contributed by atoms with Crippen molar-refractivity contribution in [3.05, 3.63) is 177 Å². The minimum atomic E-state index is -4.80. The number of rotatable bonds is 16. The van der Waals surface area contributed by atoms with Crippen molar-refractivity contribution < 1.29 is 46.4 Å². The summed E-state index contributed by atoms with van der Waals surface area (Å²) in [6, 6.07) is 41.7. The van der Waals surface area contributed by atoms with Crippen LogP contribution >= 0.6 is 15.9 Å². The molecule has 0 N–H and O–H groups in total. The molecule has 288 valence electrons. The Balaban J connectivity index is 1.45. The summed E-state index contributed by atoms with van der Waals surface area (Å²) in [5, 5.41) is 0. The van der Waals surface area contributed by atoms with Crippen LogP contribution < -0.4 is 0 Å². The number of hydrogen-bond donors (Lipinski definition) is 0. The van der Waals surface area contributed by atoms with Gasteiger partial charge in [0.05, 0.1) is 38.6 Å². The predicted molar refractivity (Wildman–Crippen MR) is 203 cm³/mol. The lowest BCUT2D eigenvalue weighted by atomic mass is 9.87. The predicted octanol–water partition coefficient (Wildman–Crippen LogP) is 9.81. The van der Waals surface area contributed by atoms with Crippen LogP contribution in [0.5, 0.6) is 0 Å². The van der Waals surface area contributed by atoms with Gasteiger partial charge in [-0.3, -0.25) is 4.79 Å². The third kappa shape index (κ3) is 11.3. The Hall–Kier alpha value is -4.36. The SMILES string of the molecule is CC(=O)O[C@@H](c1ccc(Br)cc1C(F)(F)F)[C@H]1O[C@H](COCc2ccccc2)[C@@H](OCc2ccccc2)[C@H](OCc2ccccc2)[C@@H]1OCc1ccccc1. The molecule has 55 heavy (non-hydrogen) atoms. The molecule has 0 aromatic heterocycles. The fourth-order valence-electron chi connectivity index (χ4n) is 6.58. The Morgan fingerprint density at radius 2 is 1.11 bits per heavy atom. The first-order valence-corrected chi connectivity index (χ1v) is 18.7. The molecule has 1 fully saturated rings. The van der Waals surface area contributed by atoms with E-state index < -0.39 is 54.3 Å². The Morgan fingerprint density at radius 1 is 0.655 bits per heavy atom. The minimum Gasteiger partial charge on any atom is -0.455 e. The lowest BCUT2D eigenvalue weighted by molar-refractivity contribution is -0.289. The largest absolute Gasteiger partial charge is 0.455 e. The van der Waals surface area contributed by atoms with E-state index in [0.29, 0.717) is 0 Å². The smallest absolute Gasteiger partial charge is 0.416 e. The van der Waals surface area contributed by atoms with Crippen LogP contribution in [0.4, 0.5) is 13.2 Å². The Kier molecular flexibility index (Phi) is 14.3. The van der Waals surface area contributed by atoms with Gasteiger partial charge in [0.25, 0.3) is 0 Å². The molecule has 0 amide bonds. The summed E-state index contributed by atoms with van der Waals surface area (Å²) in [7, 11) is 0. The van der Waals surface area contributed by atoms with Crippen LogP contribution in [0.15, 0.2) is 144 Å². The van der Waals surface area contributed by atoms with Crippen LogP contribution in [0.2, 0.25) is 0 Å². The highest BCUT2D eigenvalue weighted by Crippen LogP contribution is 2.43. The standard InChI is InChI=1S/C44H42BrF3O7/c1-30(49)54-39(36-23-22-35(45)24-37(36)44(46,47)48)43-42(53-28-34-20-12-5-13-21-34)41(52-27-33-18-10-4-11-19-33)40(51-26-32-16-8-3-9-17-32)38(55-43)29-50-25-31-14-6-2-7-15-31/h2-24,38-43H,25-29H2,1H3/t38-,39+,40-,41+,42+,43-/m1/s1. The van der Waals surface area contributed by atoms with Crippen LogP contribution in [0.1, 0.15) is 46.4 Å². The highest BCUT2D eigenvalue weighted by molar-refractivity contribution is 9.10. The molecule has 1 aliphatic heterocycles. The Morgan fingerprint density at radius 3 is 1.58 bits per heavy atom. The van der Waals surface area contributed by atoms with E-state index in [1.807, 2.05) is 121 Å². The third-order valence-electron chi connectivity index (χ3n) is 9.14. The normalized spacial score (nSPS) is 20.5. The highest BCUT2D eigenvalue weighted by atomic mass is 79.9. The molecule has 0 radical (unpaired) electrons. The molecule has 0 unspecified atom stereocenters. The molecule has 0 bridgehead atoms. The zero-order valence-corrected chi connectivity index (χ0v) is 31.7. The van der Waals surface area contributed by atoms with E-state index in [0.717, 1.165) is 35.2 Å². The molecule has 0 aliphatic carbocycles. The molecule has 6 rings (SSSR count). The first-order valence-electron chi connectivity index (χ1n) is 17.9. The topological polar surface area (TPSA) is 72.5 Å². The first-order chi connectivity index (χ1) is 26.7. The molecule has 6 atom stereocenters. The van der Waals surface area contributed by atoms with Crippen LogP contribution in [0.25, 0.3) is 0 Å². The molecule has 5 aromatic rings. The van der Waals surface area contributed by atoms with Gasteiger partial charge in [0, 0.05) is 17.0 Å². The minimum absolute atomic E-state index is 0.0271. The average Bonchev–Trinajstić information content (AvgIpc) is 3.19. The van der Waals surface area contributed by atoms with Crippen molar-refractivity contribution in [2.45, 2.75) is 76.2 Å². The second-order valence-electron chi connectivity index (χ2n) is 13.2. The van der Waals surface area contributed by atoms with Gasteiger partial charge in [-0.15, -0.1) is 0 Å². The van der Waals surface area contributed by atoms with E-state index in [1.165, 1.54) is 12.1 Å². The maximum atomic E-state index is 14.8. The maximum Gasteiger partial charge on any atom is 0.416 e. The van der Waals surface area contributed by atoms with Gasteiger partial charge in [0.15, 0.2) is 6.10 Å². The number of carbonyl (C=O) groups excluding carboxylic acids is 1. The van der Waals surface area contributed by atoms with Crippen molar-refractivity contribution in [3.63, 3.8) is 0 Å². The van der Waals surface area contributed by atoms with Gasteiger partial charge in [0.2, 0.25) is 0 Å². The molecule has 0 saturated carbocycles. The summed E-state index contributed by atoms with van der Waals surface area (Å²) < 4.78 is 83.5. The molecule has 1 heterocycles. The summed E-state index contributed by atoms with van der Waals surface area (Å²) >= 11 is 3.18. The Bertz CT molecular complexity index is 1920. The van der Waals surface area contributed by atoms with Crippen molar-refractivity contribution in [1.82, 2.24) is 0 Å². The van der Waals surface area contributed by atoms with Gasteiger partial charge in [-0.1, -0.05) is 143 Å². The summed E-state index contributed by atoms with van der Waals surface area (Å²) in [5.41, 5.74) is 2.19. The van der Waals surface area contributed by atoms with Gasteiger partial charge in [0.1, 0.15) is 30.5 Å². The second kappa shape index (κ2) is 19.5. The maximum absolute atomic E-state index is 14.8. The zero-order valence-electron chi connectivity index (χ0n) is 30.1. The van der Waals surface area contributed by atoms with Crippen molar-refractivity contribution in [3.8, 4) is 0 Å². The number of carbonyl (C=O) groups is 1. The van der Waals surface area contributed by atoms with Crippen molar-refractivity contribution >= 4 is 21.9 Å². The molecule has 1 aliphatic rings. The van der Waals surface area contributed by atoms with E-state index in [4.69, 9.17) is 28.4 Å². The molecule has 1 saturated heterocycles. The fraction of sp³-hybridized carbons (Fsp3) is 0.295. The van der Waals surface area contributed by atoms with Crippen LogP contribution in [0, 0.1) is 0 Å². The Labute approximate surface area is 327 Å². The molecular formula is C44H42BrF3O7. The third-order valence-corrected chi connectivity index (χ3v) is 9.63. The number of alkyl halides is 3. The van der Waals surface area contributed by atoms with Gasteiger partial charge >= 0.3 is 12.1 Å². The average molecular weight is 820 g/mol. The van der Waals surface area contributed by atoms with Crippen LogP contribution in [-0.2, 0) is 65.8 Å². The van der Waals surface area contributed by atoms with E-state index in [-0.39, 0.29) is 43.1 Å². The molecule has 7 nitrogen and oxygen atoms in total. The lowest BCUT2D eigenvalue weighted by Gasteiger charge is -2.48. The molecule has 11 heteroatoms. The van der Waals surface area contributed by atoms with Gasteiger partial charge < -0.3 is 28.4 Å². The van der Waals surface area contributed by atoms with E-state index in [2.05, 4.69) is 15.9 Å². The quantitative estimate of drug-likeness (QED) is 0.0919. The summed E-state index contributed by atoms with van der Waals surface area (Å²) in [6.07, 6.45) is -11.5. The second-order valence-corrected chi connectivity index (χ2v) is 14.1. The highest BCUT2D eigenvalue weighted by Gasteiger charge is 2.53. The summed E-state index contributed by atoms with van der Waals surface area (Å²) in [6.45, 7) is 1.70. The number of hydrogen-bond acceptors (Lipinski definition) is 7. The first kappa shape index (κ1) is 40.3. The van der Waals surface area contributed by atoms with Gasteiger partial charge in [-0.2, -0.15) is 13.2 Å². The zero-order chi connectivity index (χ0) is 38.6. The molecule has 5 aromatic carbocycles. The van der Waals surface area contributed by atoms with Crippen LogP contribution in [0.3, 0.4) is 0 Å². The van der Waals surface area contributed by atoms with Crippen molar-refractivity contribution in [2.24, 2.45) is 0 Å². The van der Waals surface area contributed by atoms with Crippen LogP contribution in [-0.4, -0.2) is 43.1 Å². The molecular weight excluding hydrogens is 777 g/mol. The number of benzene rings is 5. The van der Waals surface area contributed by atoms with Crippen molar-refractivity contribution in [2.75, 3.05) is 6.61 Å². The number of halogens is 4. The number of ether oxygens (including phenoxy) is 6. The monoisotopic (exact) mass is 818 g/mol. The van der Waals surface area contributed by atoms with Gasteiger partial charge in [-0.05, 0) is 34.4 Å². The lowest BCUT2D eigenvalue weighted by Crippen LogP contribution is -2.62. The van der Waals surface area contributed by atoms with Crippen molar-refractivity contribution in [1.29, 1.82) is 0 Å². The fourth-order valence-corrected chi connectivity index (χ4v) is 6.94. The summed E-state index contributed by atoms with van der Waals surface area (Å²) in [5.74, 6) is -0.799. The number of esters is 1. The summed E-state index contributed by atoms with van der Waals surface area (Å²) in [4.78, 5) is 12.8. The van der Waals surface area contributed by atoms with Gasteiger partial charge in [-0.25, -0.2) is 0 Å². The van der Waals surface area contributed by atoms with E-state index in [1.54, 1.807) is 0 Å². The molecule has 0 spiro atoms.